The highest BCUT2D eigenvalue weighted by Crippen LogP contribution is 2.26. The second-order valence-corrected chi connectivity index (χ2v) is 7.14. The van der Waals surface area contributed by atoms with E-state index >= 15 is 0 Å². The van der Waals surface area contributed by atoms with Gasteiger partial charge < -0.3 is 4.74 Å². The van der Waals surface area contributed by atoms with E-state index < -0.39 is 16.0 Å². The molecule has 0 aromatic heterocycles. The average Bonchev–Trinajstić information content (AvgIpc) is 2.48. The third-order valence-electron chi connectivity index (χ3n) is 2.97. The van der Waals surface area contributed by atoms with Gasteiger partial charge in [-0.25, -0.2) is 13.2 Å². The van der Waals surface area contributed by atoms with Gasteiger partial charge in [0.25, 0.3) is 10.0 Å². The van der Waals surface area contributed by atoms with E-state index in [0.29, 0.717) is 15.7 Å². The highest BCUT2D eigenvalue weighted by molar-refractivity contribution is 9.10. The van der Waals surface area contributed by atoms with Gasteiger partial charge in [0.2, 0.25) is 0 Å². The van der Waals surface area contributed by atoms with Gasteiger partial charge in [-0.1, -0.05) is 17.7 Å². The zero-order chi connectivity index (χ0) is 16.3. The van der Waals surface area contributed by atoms with Crippen LogP contribution in [0.1, 0.15) is 15.9 Å². The molecule has 1 N–H and O–H groups in total. The minimum atomic E-state index is -3.69. The number of anilines is 1. The monoisotopic (exact) mass is 383 g/mol. The molecule has 0 saturated carbocycles. The maximum atomic E-state index is 12.3. The van der Waals surface area contributed by atoms with Crippen molar-refractivity contribution in [3.8, 4) is 0 Å². The number of halogens is 1. The molecule has 0 heterocycles. The smallest absolute Gasteiger partial charge is 0.337 e. The van der Waals surface area contributed by atoms with Crippen molar-refractivity contribution < 1.29 is 17.9 Å². The molecule has 7 heteroatoms. The van der Waals surface area contributed by atoms with Crippen LogP contribution in [0.15, 0.2) is 51.8 Å². The van der Waals surface area contributed by atoms with Crippen LogP contribution in [-0.2, 0) is 14.8 Å². The fourth-order valence-corrected chi connectivity index (χ4v) is 3.45. The van der Waals surface area contributed by atoms with Crippen molar-refractivity contribution in [1.29, 1.82) is 0 Å². The van der Waals surface area contributed by atoms with Crippen LogP contribution in [0.5, 0.6) is 0 Å². The van der Waals surface area contributed by atoms with Crippen LogP contribution in [0, 0.1) is 6.92 Å². The summed E-state index contributed by atoms with van der Waals surface area (Å²) in [4.78, 5) is 11.6. The normalized spacial score (nSPS) is 11.0. The van der Waals surface area contributed by atoms with E-state index in [2.05, 4.69) is 25.4 Å². The third-order valence-corrected chi connectivity index (χ3v) is 5.00. The first-order valence-corrected chi connectivity index (χ1v) is 8.58. The van der Waals surface area contributed by atoms with Gasteiger partial charge in [0.05, 0.1) is 23.3 Å². The molecule has 22 heavy (non-hydrogen) atoms. The molecular formula is C15H14BrNO4S. The van der Waals surface area contributed by atoms with E-state index in [9.17, 15) is 13.2 Å². The van der Waals surface area contributed by atoms with Crippen molar-refractivity contribution >= 4 is 37.6 Å². The van der Waals surface area contributed by atoms with Crippen molar-refractivity contribution in [2.24, 2.45) is 0 Å². The molecule has 0 fully saturated rings. The van der Waals surface area contributed by atoms with Crippen LogP contribution in [0.4, 0.5) is 5.69 Å². The first kappa shape index (κ1) is 16.5. The molecule has 0 spiro atoms. The molecule has 116 valence electrons. The predicted molar refractivity (Wildman–Crippen MR) is 87.5 cm³/mol. The zero-order valence-corrected chi connectivity index (χ0v) is 14.4. The van der Waals surface area contributed by atoms with Gasteiger partial charge in [0, 0.05) is 4.47 Å². The van der Waals surface area contributed by atoms with Crippen molar-refractivity contribution in [3.63, 3.8) is 0 Å². The average molecular weight is 384 g/mol. The number of aryl methyl sites for hydroxylation is 1. The number of hydrogen-bond donors (Lipinski definition) is 1. The maximum absolute atomic E-state index is 12.3. The summed E-state index contributed by atoms with van der Waals surface area (Å²) in [7, 11) is -2.41. The van der Waals surface area contributed by atoms with E-state index in [4.69, 9.17) is 0 Å². The van der Waals surface area contributed by atoms with Crippen molar-refractivity contribution in [2.45, 2.75) is 11.8 Å². The second kappa shape index (κ2) is 6.50. The lowest BCUT2D eigenvalue weighted by Gasteiger charge is -2.11. The van der Waals surface area contributed by atoms with Gasteiger partial charge in [0.15, 0.2) is 0 Å². The number of hydrogen-bond acceptors (Lipinski definition) is 4. The molecule has 0 atom stereocenters. The van der Waals surface area contributed by atoms with Crippen LogP contribution >= 0.6 is 15.9 Å². The molecule has 2 rings (SSSR count). The lowest BCUT2D eigenvalue weighted by atomic mass is 10.2. The number of carbonyl (C=O) groups excluding carboxylic acids is 1. The molecule has 0 radical (unpaired) electrons. The summed E-state index contributed by atoms with van der Waals surface area (Å²) >= 11 is 3.25. The molecule has 0 saturated heterocycles. The molecule has 2 aromatic rings. The van der Waals surface area contributed by atoms with Crippen molar-refractivity contribution in [3.05, 3.63) is 58.1 Å². The number of sulfonamides is 1. The Morgan fingerprint density at radius 3 is 2.32 bits per heavy atom. The minimum Gasteiger partial charge on any atom is -0.465 e. The molecule has 0 aliphatic heterocycles. The van der Waals surface area contributed by atoms with E-state index in [1.807, 2.05) is 6.92 Å². The Balaban J connectivity index is 2.30. The zero-order valence-electron chi connectivity index (χ0n) is 12.0. The number of esters is 1. The highest BCUT2D eigenvalue weighted by Gasteiger charge is 2.16. The van der Waals surface area contributed by atoms with Crippen LogP contribution < -0.4 is 4.72 Å². The Morgan fingerprint density at radius 2 is 1.77 bits per heavy atom. The molecule has 0 bridgehead atoms. The van der Waals surface area contributed by atoms with E-state index in [-0.39, 0.29) is 4.90 Å². The molecule has 0 unspecified atom stereocenters. The van der Waals surface area contributed by atoms with Gasteiger partial charge in [-0.15, -0.1) is 0 Å². The number of rotatable bonds is 4. The first-order chi connectivity index (χ1) is 10.3. The third kappa shape index (κ3) is 3.66. The second-order valence-electron chi connectivity index (χ2n) is 4.60. The summed E-state index contributed by atoms with van der Waals surface area (Å²) in [5.41, 5.74) is 1.64. The van der Waals surface area contributed by atoms with Gasteiger partial charge in [0.1, 0.15) is 0 Å². The van der Waals surface area contributed by atoms with Gasteiger partial charge in [-0.2, -0.15) is 0 Å². The number of benzene rings is 2. The number of nitrogens with one attached hydrogen (secondary N) is 1. The van der Waals surface area contributed by atoms with E-state index in [1.165, 1.54) is 37.4 Å². The molecule has 0 aliphatic rings. The molecule has 2 aromatic carbocycles. The molecule has 0 aliphatic carbocycles. The standard InChI is InChI=1S/C15H14BrNO4S/c1-10-3-6-12(7-4-10)22(19,20)17-14-8-5-11(9-13(14)16)15(18)21-2/h3-9,17H,1-2H3. The Morgan fingerprint density at radius 1 is 1.14 bits per heavy atom. The molecule has 5 nitrogen and oxygen atoms in total. The number of ether oxygens (including phenoxy) is 1. The molecule has 0 amide bonds. The van der Waals surface area contributed by atoms with Crippen molar-refractivity contribution in [2.75, 3.05) is 11.8 Å². The Bertz CT molecular complexity index is 801. The number of carbonyl (C=O) groups is 1. The van der Waals surface area contributed by atoms with Crippen LogP contribution in [0.25, 0.3) is 0 Å². The summed E-state index contributed by atoms with van der Waals surface area (Å²) in [5, 5.41) is 0. The van der Waals surface area contributed by atoms with Gasteiger partial charge in [-0.05, 0) is 53.2 Å². The van der Waals surface area contributed by atoms with Crippen LogP contribution in [-0.4, -0.2) is 21.5 Å². The summed E-state index contributed by atoms with van der Waals surface area (Å²) < 4.78 is 32.2. The summed E-state index contributed by atoms with van der Waals surface area (Å²) in [6.07, 6.45) is 0. The number of methoxy groups -OCH3 is 1. The minimum absolute atomic E-state index is 0.169. The predicted octanol–water partition coefficient (Wildman–Crippen LogP) is 3.34. The summed E-state index contributed by atoms with van der Waals surface area (Å²) in [5.74, 6) is -0.492. The Hall–Kier alpha value is -1.86. The SMILES string of the molecule is COC(=O)c1ccc(NS(=O)(=O)c2ccc(C)cc2)c(Br)c1. The lowest BCUT2D eigenvalue weighted by molar-refractivity contribution is 0.0600. The quantitative estimate of drug-likeness (QED) is 0.821. The lowest BCUT2D eigenvalue weighted by Crippen LogP contribution is -2.13. The van der Waals surface area contributed by atoms with E-state index in [1.54, 1.807) is 12.1 Å². The summed E-state index contributed by atoms with van der Waals surface area (Å²) in [6, 6.07) is 11.0. The van der Waals surface area contributed by atoms with Gasteiger partial charge >= 0.3 is 5.97 Å². The van der Waals surface area contributed by atoms with E-state index in [0.717, 1.165) is 5.56 Å². The Kier molecular flexibility index (Phi) is 4.87. The topological polar surface area (TPSA) is 72.5 Å². The van der Waals surface area contributed by atoms with Crippen molar-refractivity contribution in [1.82, 2.24) is 0 Å². The summed E-state index contributed by atoms with van der Waals surface area (Å²) in [6.45, 7) is 1.88. The highest BCUT2D eigenvalue weighted by atomic mass is 79.9. The van der Waals surface area contributed by atoms with Gasteiger partial charge in [-0.3, -0.25) is 4.72 Å². The molecular weight excluding hydrogens is 370 g/mol. The Labute approximate surface area is 137 Å². The largest absolute Gasteiger partial charge is 0.465 e. The first-order valence-electron chi connectivity index (χ1n) is 6.31. The van der Waals surface area contributed by atoms with Crippen LogP contribution in [0.3, 0.4) is 0 Å². The van der Waals surface area contributed by atoms with Crippen LogP contribution in [0.2, 0.25) is 0 Å². The fraction of sp³-hybridized carbons (Fsp3) is 0.133. The maximum Gasteiger partial charge on any atom is 0.337 e. The fourth-order valence-electron chi connectivity index (χ4n) is 1.76.